The lowest BCUT2D eigenvalue weighted by Gasteiger charge is -2.43. The lowest BCUT2D eigenvalue weighted by atomic mass is 9.63. The molecule has 358 valence electrons. The summed E-state index contributed by atoms with van der Waals surface area (Å²) in [6, 6.07) is 91.3. The molecule has 10 aromatic carbocycles. The van der Waals surface area contributed by atoms with Crippen LogP contribution in [0.2, 0.25) is 0 Å². The predicted molar refractivity (Wildman–Crippen MR) is 310 cm³/mol. The normalized spacial score (nSPS) is 18.5. The van der Waals surface area contributed by atoms with Crippen molar-refractivity contribution >= 4 is 34.1 Å². The molecule has 74 heavy (non-hydrogen) atoms. The molecule has 4 aliphatic carbocycles. The summed E-state index contributed by atoms with van der Waals surface area (Å²) < 4.78 is 0. The average molecular weight is 953 g/mol. The van der Waals surface area contributed by atoms with Crippen LogP contribution in [-0.2, 0) is 23.7 Å². The van der Waals surface area contributed by atoms with Gasteiger partial charge in [-0.3, -0.25) is 0 Å². The van der Waals surface area contributed by atoms with Crippen molar-refractivity contribution in [2.24, 2.45) is 11.8 Å². The molecule has 1 saturated carbocycles. The summed E-state index contributed by atoms with van der Waals surface area (Å²) in [5, 5.41) is 0. The van der Waals surface area contributed by atoms with Crippen LogP contribution in [0.4, 0.5) is 34.1 Å². The summed E-state index contributed by atoms with van der Waals surface area (Å²) in [5.41, 5.74) is 26.0. The van der Waals surface area contributed by atoms with Gasteiger partial charge in [-0.05, 0) is 176 Å². The van der Waals surface area contributed by atoms with Crippen molar-refractivity contribution in [3.8, 4) is 44.5 Å². The summed E-state index contributed by atoms with van der Waals surface area (Å²) >= 11 is 0. The first-order valence-electron chi connectivity index (χ1n) is 27.0. The third-order valence-corrected chi connectivity index (χ3v) is 17.6. The molecule has 0 radical (unpaired) electrons. The van der Waals surface area contributed by atoms with Gasteiger partial charge in [0.05, 0.1) is 11.4 Å². The fraction of sp³-hybridized carbons (Fsp3) is 0.167. The summed E-state index contributed by atoms with van der Waals surface area (Å²) in [5.74, 6) is 0.955. The Labute approximate surface area is 437 Å². The number of hydrogen-bond donors (Lipinski definition) is 0. The molecular weight excluding hydrogens is 893 g/mol. The van der Waals surface area contributed by atoms with Gasteiger partial charge in [0.25, 0.3) is 0 Å². The first-order chi connectivity index (χ1) is 36.5. The van der Waals surface area contributed by atoms with Gasteiger partial charge in [-0.2, -0.15) is 0 Å². The molecule has 0 aliphatic heterocycles. The Morgan fingerprint density at radius 2 is 0.784 bits per heavy atom. The fourth-order valence-corrected chi connectivity index (χ4v) is 14.6. The van der Waals surface area contributed by atoms with Crippen molar-refractivity contribution in [2.75, 3.05) is 9.80 Å². The highest BCUT2D eigenvalue weighted by atomic mass is 15.2. The molecule has 3 atom stereocenters. The molecule has 2 nitrogen and oxygen atoms in total. The minimum Gasteiger partial charge on any atom is -0.310 e. The Morgan fingerprint density at radius 1 is 0.351 bits per heavy atom. The lowest BCUT2D eigenvalue weighted by molar-refractivity contribution is 0.258. The molecule has 0 amide bonds. The van der Waals surface area contributed by atoms with Crippen molar-refractivity contribution < 1.29 is 0 Å². The summed E-state index contributed by atoms with van der Waals surface area (Å²) in [7, 11) is 0. The van der Waals surface area contributed by atoms with Gasteiger partial charge in [0, 0.05) is 33.6 Å². The smallest absolute Gasteiger partial charge is 0.0505 e. The molecule has 1 spiro atoms. The minimum atomic E-state index is -0.195. The van der Waals surface area contributed by atoms with Gasteiger partial charge in [0.1, 0.15) is 0 Å². The molecule has 0 bridgehead atoms. The Balaban J connectivity index is 0.964. The third-order valence-electron chi connectivity index (χ3n) is 17.6. The maximum Gasteiger partial charge on any atom is 0.0505 e. The van der Waals surface area contributed by atoms with Crippen LogP contribution in [0.1, 0.15) is 72.9 Å². The molecule has 3 unspecified atom stereocenters. The highest BCUT2D eigenvalue weighted by molar-refractivity contribution is 5.96. The van der Waals surface area contributed by atoms with E-state index in [1.165, 1.54) is 126 Å². The second-order valence-electron chi connectivity index (χ2n) is 21.8. The zero-order valence-electron chi connectivity index (χ0n) is 42.4. The number of benzene rings is 10. The number of anilines is 6. The van der Waals surface area contributed by atoms with Crippen molar-refractivity contribution in [3.05, 3.63) is 276 Å². The molecule has 1 fully saturated rings. The Bertz CT molecular complexity index is 3640. The molecule has 10 aromatic rings. The van der Waals surface area contributed by atoms with E-state index in [1.54, 1.807) is 5.56 Å². The van der Waals surface area contributed by atoms with Gasteiger partial charge in [0.2, 0.25) is 0 Å². The number of para-hydroxylation sites is 2. The largest absolute Gasteiger partial charge is 0.310 e. The Hall–Kier alpha value is -8.20. The Morgan fingerprint density at radius 3 is 1.34 bits per heavy atom. The van der Waals surface area contributed by atoms with E-state index in [4.69, 9.17) is 0 Å². The van der Waals surface area contributed by atoms with Crippen molar-refractivity contribution in [1.82, 2.24) is 0 Å². The number of fused-ring (bicyclic) bond motifs is 5. The Kier molecular flexibility index (Phi) is 10.7. The standard InChI is InChI=1S/C72H60N2/c1-71(2)64-37-18-17-34-62(64)63-45-44-59(48-65(63)71)74(57-32-13-6-14-33-57)67-39-20-27-53-47-55-29-16-15-28-54-46-52-26-19-38-66(69(52)72(54,55)70(53)67)73(56-30-11-5-12-31-56)58-42-40-51(41-43-58)68-60(49-22-7-3-8-23-49)35-21-36-61(68)50-24-9-4-10-25-50/h3-14,17-27,30-45,48,54-55H,15-16,28-29,46-47H2,1-2H3. The van der Waals surface area contributed by atoms with Crippen LogP contribution in [0.5, 0.6) is 0 Å². The summed E-state index contributed by atoms with van der Waals surface area (Å²) in [4.78, 5) is 5.22. The van der Waals surface area contributed by atoms with Crippen molar-refractivity contribution in [1.29, 1.82) is 0 Å². The maximum absolute atomic E-state index is 2.63. The van der Waals surface area contributed by atoms with Gasteiger partial charge in [0.15, 0.2) is 0 Å². The van der Waals surface area contributed by atoms with E-state index < -0.39 is 0 Å². The number of rotatable bonds is 9. The summed E-state index contributed by atoms with van der Waals surface area (Å²) in [6.45, 7) is 4.81. The quantitative estimate of drug-likeness (QED) is 0.142. The monoisotopic (exact) mass is 952 g/mol. The highest BCUT2D eigenvalue weighted by Crippen LogP contribution is 2.67. The van der Waals surface area contributed by atoms with Crippen molar-refractivity contribution in [2.45, 2.75) is 63.2 Å². The second-order valence-corrected chi connectivity index (χ2v) is 21.8. The first-order valence-corrected chi connectivity index (χ1v) is 27.0. The van der Waals surface area contributed by atoms with Gasteiger partial charge in [-0.1, -0.05) is 209 Å². The molecule has 4 aliphatic rings. The highest BCUT2D eigenvalue weighted by Gasteiger charge is 2.59. The number of hydrogen-bond acceptors (Lipinski definition) is 2. The van der Waals surface area contributed by atoms with Gasteiger partial charge in [-0.25, -0.2) is 0 Å². The predicted octanol–water partition coefficient (Wildman–Crippen LogP) is 19.1. The van der Waals surface area contributed by atoms with E-state index in [-0.39, 0.29) is 10.8 Å². The van der Waals surface area contributed by atoms with Crippen molar-refractivity contribution in [3.63, 3.8) is 0 Å². The zero-order chi connectivity index (χ0) is 49.4. The molecular formula is C72H60N2. The summed E-state index contributed by atoms with van der Waals surface area (Å²) in [6.07, 6.45) is 7.16. The maximum atomic E-state index is 2.63. The van der Waals surface area contributed by atoms with Gasteiger partial charge >= 0.3 is 0 Å². The second kappa shape index (κ2) is 17.8. The van der Waals surface area contributed by atoms with Crippen LogP contribution in [0.25, 0.3) is 44.5 Å². The lowest BCUT2D eigenvalue weighted by Crippen LogP contribution is -2.39. The average Bonchev–Trinajstić information content (AvgIpc) is 4.14. The van der Waals surface area contributed by atoms with Crippen LogP contribution in [0.15, 0.2) is 243 Å². The fourth-order valence-electron chi connectivity index (χ4n) is 14.6. The van der Waals surface area contributed by atoms with Gasteiger partial charge < -0.3 is 9.80 Å². The first kappa shape index (κ1) is 44.5. The van der Waals surface area contributed by atoms with Crippen LogP contribution in [-0.4, -0.2) is 0 Å². The molecule has 0 heterocycles. The topological polar surface area (TPSA) is 6.48 Å². The van der Waals surface area contributed by atoms with Gasteiger partial charge in [-0.15, -0.1) is 0 Å². The molecule has 0 N–H and O–H groups in total. The molecule has 0 aromatic heterocycles. The molecule has 14 rings (SSSR count). The van der Waals surface area contributed by atoms with Crippen LogP contribution < -0.4 is 9.80 Å². The SMILES string of the molecule is CC1(C)c2ccccc2-c2ccc(N(c3ccccc3)c3cccc4c3C35c6c(cccc6N(c6ccccc6)c6ccc(-c7c(-c8ccccc8)cccc7-c7ccccc7)cc6)CC3CCCCC5C4)cc21. The molecule has 2 heteroatoms. The zero-order valence-corrected chi connectivity index (χ0v) is 42.4. The number of nitrogens with zero attached hydrogens (tertiary/aromatic N) is 2. The van der Waals surface area contributed by atoms with Crippen LogP contribution in [0.3, 0.4) is 0 Å². The van der Waals surface area contributed by atoms with E-state index in [0.29, 0.717) is 11.8 Å². The minimum absolute atomic E-state index is 0.118. The van der Waals surface area contributed by atoms with E-state index in [2.05, 4.69) is 266 Å². The van der Waals surface area contributed by atoms with E-state index in [9.17, 15) is 0 Å². The van der Waals surface area contributed by atoms with E-state index >= 15 is 0 Å². The van der Waals surface area contributed by atoms with E-state index in [1.807, 2.05) is 0 Å². The van der Waals surface area contributed by atoms with Crippen LogP contribution >= 0.6 is 0 Å². The van der Waals surface area contributed by atoms with Crippen LogP contribution in [0, 0.1) is 11.8 Å². The van der Waals surface area contributed by atoms with E-state index in [0.717, 1.165) is 18.5 Å². The third kappa shape index (κ3) is 6.91. The molecule has 0 saturated heterocycles.